The smallest absolute Gasteiger partial charge is 0.315 e. The third kappa shape index (κ3) is 3.91. The molecule has 1 saturated carbocycles. The monoisotopic (exact) mass is 393 g/mol. The summed E-state index contributed by atoms with van der Waals surface area (Å²) in [5.41, 5.74) is 1.30. The summed E-state index contributed by atoms with van der Waals surface area (Å²) in [4.78, 5) is 24.1. The Hall–Kier alpha value is -1.56. The summed E-state index contributed by atoms with van der Waals surface area (Å²) in [5.74, 6) is -0.0751. The Morgan fingerprint density at radius 3 is 2.62 bits per heavy atom. The van der Waals surface area contributed by atoms with E-state index in [-0.39, 0.29) is 17.4 Å². The summed E-state index contributed by atoms with van der Waals surface area (Å²) < 4.78 is 1.06. The molecule has 5 nitrogen and oxygen atoms in total. The van der Waals surface area contributed by atoms with Crippen molar-refractivity contribution in [3.8, 4) is 0 Å². The van der Waals surface area contributed by atoms with Crippen molar-refractivity contribution in [3.63, 3.8) is 0 Å². The molecule has 3 N–H and O–H groups in total. The second kappa shape index (κ2) is 7.55. The highest BCUT2D eigenvalue weighted by Gasteiger charge is 2.39. The van der Waals surface area contributed by atoms with Gasteiger partial charge in [0, 0.05) is 23.0 Å². The molecule has 0 spiro atoms. The summed E-state index contributed by atoms with van der Waals surface area (Å²) in [5, 5.41) is 8.65. The normalized spacial score (nSPS) is 22.7. The van der Waals surface area contributed by atoms with E-state index in [4.69, 9.17) is 0 Å². The molecule has 0 aromatic heterocycles. The van der Waals surface area contributed by atoms with Crippen LogP contribution < -0.4 is 16.0 Å². The molecule has 1 aliphatic carbocycles. The molecular weight excluding hydrogens is 370 g/mol. The third-order valence-electron chi connectivity index (χ3n) is 5.20. The minimum atomic E-state index is -0.419. The van der Waals surface area contributed by atoms with Crippen molar-refractivity contribution >= 4 is 27.9 Å². The molecule has 2 aliphatic rings. The highest BCUT2D eigenvalue weighted by molar-refractivity contribution is 9.10. The van der Waals surface area contributed by atoms with Crippen molar-refractivity contribution in [3.05, 3.63) is 34.3 Å². The Labute approximate surface area is 151 Å². The molecule has 1 saturated heterocycles. The van der Waals surface area contributed by atoms with Crippen molar-refractivity contribution in [2.45, 2.75) is 50.0 Å². The van der Waals surface area contributed by atoms with Gasteiger partial charge in [-0.1, -0.05) is 34.5 Å². The lowest BCUT2D eigenvalue weighted by molar-refractivity contribution is -0.122. The standard InChI is InChI=1S/C18H24BrN3O2/c19-14-7-5-13(6-8-14)18(9-3-10-18)12-21-17(24)22-15-4-1-2-11-20-16(15)23/h5-8,15H,1-4,9-12H2,(H,20,23)(H2,21,22,24)/t15-/m1/s1. The van der Waals surface area contributed by atoms with Crippen LogP contribution in [-0.2, 0) is 10.2 Å². The van der Waals surface area contributed by atoms with Crippen molar-refractivity contribution in [2.75, 3.05) is 13.1 Å². The second-order valence-electron chi connectivity index (χ2n) is 6.81. The lowest BCUT2D eigenvalue weighted by Crippen LogP contribution is -2.52. The van der Waals surface area contributed by atoms with E-state index in [0.29, 0.717) is 19.5 Å². The molecule has 130 valence electrons. The molecule has 1 aromatic carbocycles. The van der Waals surface area contributed by atoms with E-state index in [1.54, 1.807) is 0 Å². The largest absolute Gasteiger partial charge is 0.354 e. The molecule has 1 heterocycles. The Morgan fingerprint density at radius 2 is 1.96 bits per heavy atom. The van der Waals surface area contributed by atoms with E-state index in [0.717, 1.165) is 30.2 Å². The average molecular weight is 394 g/mol. The van der Waals surface area contributed by atoms with Crippen LogP contribution in [-0.4, -0.2) is 31.1 Å². The molecule has 1 atom stereocenters. The van der Waals surface area contributed by atoms with Gasteiger partial charge in [-0.25, -0.2) is 4.79 Å². The van der Waals surface area contributed by atoms with Crippen LogP contribution in [0.15, 0.2) is 28.7 Å². The van der Waals surface area contributed by atoms with Gasteiger partial charge in [0.25, 0.3) is 0 Å². The van der Waals surface area contributed by atoms with Gasteiger partial charge in [0.2, 0.25) is 5.91 Å². The van der Waals surface area contributed by atoms with Crippen molar-refractivity contribution in [2.24, 2.45) is 0 Å². The van der Waals surface area contributed by atoms with Crippen LogP contribution in [0, 0.1) is 0 Å². The number of hydrogen-bond acceptors (Lipinski definition) is 2. The van der Waals surface area contributed by atoms with Crippen LogP contribution in [0.5, 0.6) is 0 Å². The first kappa shape index (κ1) is 17.3. The van der Waals surface area contributed by atoms with Crippen LogP contribution in [0.3, 0.4) is 0 Å². The lowest BCUT2D eigenvalue weighted by atomic mass is 9.64. The maximum atomic E-state index is 12.2. The van der Waals surface area contributed by atoms with Gasteiger partial charge in [-0.3, -0.25) is 4.79 Å². The molecular formula is C18H24BrN3O2. The third-order valence-corrected chi connectivity index (χ3v) is 5.72. The highest BCUT2D eigenvalue weighted by Crippen LogP contribution is 2.43. The van der Waals surface area contributed by atoms with Crippen LogP contribution in [0.25, 0.3) is 0 Å². The fraction of sp³-hybridized carbons (Fsp3) is 0.556. The van der Waals surface area contributed by atoms with E-state index in [1.165, 1.54) is 12.0 Å². The number of nitrogens with one attached hydrogen (secondary N) is 3. The van der Waals surface area contributed by atoms with Gasteiger partial charge in [-0.2, -0.15) is 0 Å². The van der Waals surface area contributed by atoms with Gasteiger partial charge in [0.1, 0.15) is 6.04 Å². The van der Waals surface area contributed by atoms with Gasteiger partial charge in [0.05, 0.1) is 0 Å². The molecule has 0 radical (unpaired) electrons. The summed E-state index contributed by atoms with van der Waals surface area (Å²) in [6.45, 7) is 1.31. The molecule has 1 aliphatic heterocycles. The van der Waals surface area contributed by atoms with E-state index in [1.807, 2.05) is 12.1 Å². The Morgan fingerprint density at radius 1 is 1.21 bits per heavy atom. The van der Waals surface area contributed by atoms with Crippen molar-refractivity contribution < 1.29 is 9.59 Å². The molecule has 3 rings (SSSR count). The second-order valence-corrected chi connectivity index (χ2v) is 7.72. The maximum Gasteiger partial charge on any atom is 0.315 e. The van der Waals surface area contributed by atoms with E-state index < -0.39 is 6.04 Å². The minimum Gasteiger partial charge on any atom is -0.354 e. The topological polar surface area (TPSA) is 70.2 Å². The molecule has 3 amide bonds. The van der Waals surface area contributed by atoms with Gasteiger partial charge in [0.15, 0.2) is 0 Å². The van der Waals surface area contributed by atoms with Gasteiger partial charge in [-0.15, -0.1) is 0 Å². The van der Waals surface area contributed by atoms with Crippen molar-refractivity contribution in [1.82, 2.24) is 16.0 Å². The fourth-order valence-corrected chi connectivity index (χ4v) is 3.77. The minimum absolute atomic E-state index is 0.0315. The molecule has 6 heteroatoms. The predicted molar refractivity (Wildman–Crippen MR) is 96.9 cm³/mol. The zero-order valence-corrected chi connectivity index (χ0v) is 15.3. The molecule has 2 fully saturated rings. The van der Waals surface area contributed by atoms with E-state index in [9.17, 15) is 9.59 Å². The predicted octanol–water partition coefficient (Wildman–Crippen LogP) is 2.84. The van der Waals surface area contributed by atoms with Crippen LogP contribution in [0.1, 0.15) is 44.1 Å². The van der Waals surface area contributed by atoms with Crippen LogP contribution in [0.4, 0.5) is 4.79 Å². The van der Waals surface area contributed by atoms with E-state index in [2.05, 4.69) is 44.0 Å². The highest BCUT2D eigenvalue weighted by atomic mass is 79.9. The quantitative estimate of drug-likeness (QED) is 0.735. The van der Waals surface area contributed by atoms with Crippen LogP contribution in [0.2, 0.25) is 0 Å². The zero-order chi connectivity index (χ0) is 17.0. The number of carbonyl (C=O) groups is 2. The summed E-state index contributed by atoms with van der Waals surface area (Å²) in [6, 6.07) is 7.68. The van der Waals surface area contributed by atoms with Gasteiger partial charge >= 0.3 is 6.03 Å². The van der Waals surface area contributed by atoms with Gasteiger partial charge in [-0.05, 0) is 49.8 Å². The molecule has 0 bridgehead atoms. The summed E-state index contributed by atoms with van der Waals surface area (Å²) in [7, 11) is 0. The fourth-order valence-electron chi connectivity index (χ4n) is 3.51. The maximum absolute atomic E-state index is 12.2. The van der Waals surface area contributed by atoms with Crippen LogP contribution >= 0.6 is 15.9 Å². The SMILES string of the molecule is O=C(NCC1(c2ccc(Br)cc2)CCC1)N[C@@H]1CCCCNC1=O. The lowest BCUT2D eigenvalue weighted by Gasteiger charge is -2.42. The molecule has 0 unspecified atom stereocenters. The first-order chi connectivity index (χ1) is 11.6. The first-order valence-corrected chi connectivity index (χ1v) is 9.46. The first-order valence-electron chi connectivity index (χ1n) is 8.67. The Balaban J connectivity index is 1.56. The number of benzene rings is 1. The van der Waals surface area contributed by atoms with E-state index >= 15 is 0 Å². The number of hydrogen-bond donors (Lipinski definition) is 3. The Bertz CT molecular complexity index is 599. The average Bonchev–Trinajstić information content (AvgIpc) is 2.73. The summed E-state index contributed by atoms with van der Waals surface area (Å²) in [6.07, 6.45) is 5.98. The number of halogens is 1. The Kier molecular flexibility index (Phi) is 5.43. The number of urea groups is 1. The molecule has 1 aromatic rings. The van der Waals surface area contributed by atoms with Gasteiger partial charge < -0.3 is 16.0 Å². The number of amides is 3. The zero-order valence-electron chi connectivity index (χ0n) is 13.7. The number of carbonyl (C=O) groups excluding carboxylic acids is 2. The number of rotatable bonds is 4. The summed E-state index contributed by atoms with van der Waals surface area (Å²) >= 11 is 3.46. The molecule has 24 heavy (non-hydrogen) atoms. The van der Waals surface area contributed by atoms with Crippen molar-refractivity contribution in [1.29, 1.82) is 0 Å².